The van der Waals surface area contributed by atoms with Gasteiger partial charge in [0, 0.05) is 10.0 Å². The fraction of sp³-hybridized carbons (Fsp3) is 0. The molecule has 0 aliphatic rings. The number of benzene rings is 1. The number of furan rings is 1. The van der Waals surface area contributed by atoms with Gasteiger partial charge in [0.1, 0.15) is 22.2 Å². The lowest BCUT2D eigenvalue weighted by Gasteiger charge is -2.00. The van der Waals surface area contributed by atoms with Crippen molar-refractivity contribution in [2.45, 2.75) is 0 Å². The molecule has 1 aromatic carbocycles. The second kappa shape index (κ2) is 6.80. The zero-order valence-electron chi connectivity index (χ0n) is 11.6. The number of H-pyrrole nitrogens is 1. The molecule has 3 aromatic rings. The molecule has 116 valence electrons. The van der Waals surface area contributed by atoms with Crippen LogP contribution in [0.1, 0.15) is 5.76 Å². The molecule has 3 rings (SSSR count). The van der Waals surface area contributed by atoms with Gasteiger partial charge >= 0.3 is 0 Å². The summed E-state index contributed by atoms with van der Waals surface area (Å²) < 4.78 is 6.65. The lowest BCUT2D eigenvalue weighted by molar-refractivity contribution is 0.575. The maximum absolute atomic E-state index is 11.3. The van der Waals surface area contributed by atoms with Crippen molar-refractivity contribution in [3.8, 4) is 11.3 Å². The summed E-state index contributed by atoms with van der Waals surface area (Å²) in [6.45, 7) is 0. The van der Waals surface area contributed by atoms with Crippen LogP contribution in [0.3, 0.4) is 0 Å². The van der Waals surface area contributed by atoms with E-state index in [4.69, 9.17) is 16.0 Å². The third kappa shape index (κ3) is 3.52. The van der Waals surface area contributed by atoms with Crippen LogP contribution >= 0.6 is 27.5 Å². The molecule has 6 nitrogen and oxygen atoms in total. The average Bonchev–Trinajstić information content (AvgIpc) is 3.00. The molecule has 0 amide bonds. The van der Waals surface area contributed by atoms with Gasteiger partial charge in [-0.15, -0.1) is 0 Å². The van der Waals surface area contributed by atoms with Crippen LogP contribution in [0.5, 0.6) is 0 Å². The smallest absolute Gasteiger partial charge is 0.285 e. The van der Waals surface area contributed by atoms with Crippen LogP contribution in [-0.2, 0) is 0 Å². The Morgan fingerprint density at radius 3 is 2.96 bits per heavy atom. The number of rotatable bonds is 4. The Balaban J connectivity index is 1.76. The van der Waals surface area contributed by atoms with Crippen molar-refractivity contribution < 1.29 is 4.42 Å². The molecule has 8 heteroatoms. The van der Waals surface area contributed by atoms with Gasteiger partial charge in [-0.2, -0.15) is 10.2 Å². The molecule has 0 bridgehead atoms. The van der Waals surface area contributed by atoms with Crippen LogP contribution in [0, 0.1) is 0 Å². The molecule has 0 aliphatic heterocycles. The van der Waals surface area contributed by atoms with E-state index in [0.29, 0.717) is 11.4 Å². The summed E-state index contributed by atoms with van der Waals surface area (Å²) in [5.74, 6) is 1.27. The van der Waals surface area contributed by atoms with E-state index >= 15 is 0 Å². The first kappa shape index (κ1) is 15.5. The Morgan fingerprint density at radius 1 is 1.30 bits per heavy atom. The summed E-state index contributed by atoms with van der Waals surface area (Å²) in [5.41, 5.74) is 3.42. The maximum Gasteiger partial charge on any atom is 0.285 e. The summed E-state index contributed by atoms with van der Waals surface area (Å²) in [7, 11) is 0. The predicted octanol–water partition coefficient (Wildman–Crippen LogP) is 3.89. The molecular formula is C15H10BrClN4O2. The summed E-state index contributed by atoms with van der Waals surface area (Å²) in [5, 5.41) is 9.84. The maximum atomic E-state index is 11.3. The van der Waals surface area contributed by atoms with Crippen molar-refractivity contribution in [1.82, 2.24) is 10.2 Å². The minimum atomic E-state index is -0.485. The minimum absolute atomic E-state index is 0.00880. The van der Waals surface area contributed by atoms with E-state index in [1.165, 1.54) is 12.4 Å². The molecule has 0 saturated heterocycles. The van der Waals surface area contributed by atoms with Gasteiger partial charge in [-0.3, -0.25) is 10.2 Å². The Bertz CT molecular complexity index is 920. The lowest BCUT2D eigenvalue weighted by Crippen LogP contribution is -2.09. The molecule has 0 fully saturated rings. The lowest BCUT2D eigenvalue weighted by atomic mass is 10.2. The van der Waals surface area contributed by atoms with Crippen molar-refractivity contribution in [1.29, 1.82) is 0 Å². The highest BCUT2D eigenvalue weighted by Gasteiger charge is 2.07. The summed E-state index contributed by atoms with van der Waals surface area (Å²) in [4.78, 5) is 11.3. The summed E-state index contributed by atoms with van der Waals surface area (Å²) in [6, 6.07) is 11.4. The zero-order valence-corrected chi connectivity index (χ0v) is 13.9. The Hall–Kier alpha value is -2.38. The van der Waals surface area contributed by atoms with Gasteiger partial charge in [0.2, 0.25) is 0 Å². The number of aromatic nitrogens is 2. The predicted molar refractivity (Wildman–Crippen MR) is 92.9 cm³/mol. The van der Waals surface area contributed by atoms with Crippen molar-refractivity contribution in [3.63, 3.8) is 0 Å². The largest absolute Gasteiger partial charge is 0.455 e. The number of hydrogen-bond donors (Lipinski definition) is 2. The van der Waals surface area contributed by atoms with Crippen LogP contribution in [0.15, 0.2) is 61.4 Å². The Labute approximate surface area is 144 Å². The first-order valence-corrected chi connectivity index (χ1v) is 7.69. The van der Waals surface area contributed by atoms with Crippen molar-refractivity contribution in [3.05, 3.63) is 68.2 Å². The van der Waals surface area contributed by atoms with Crippen molar-refractivity contribution in [2.75, 3.05) is 5.43 Å². The molecular weight excluding hydrogens is 384 g/mol. The number of hydrazone groups is 1. The van der Waals surface area contributed by atoms with Crippen LogP contribution in [0.4, 0.5) is 5.69 Å². The van der Waals surface area contributed by atoms with E-state index in [1.54, 1.807) is 6.07 Å². The highest BCUT2D eigenvalue weighted by molar-refractivity contribution is 9.10. The molecule has 0 radical (unpaired) electrons. The van der Waals surface area contributed by atoms with Gasteiger partial charge in [0.15, 0.2) is 0 Å². The van der Waals surface area contributed by atoms with Gasteiger partial charge in [0.05, 0.1) is 12.4 Å². The van der Waals surface area contributed by atoms with Gasteiger partial charge in [-0.1, -0.05) is 45.7 Å². The number of hydrogen-bond acceptors (Lipinski definition) is 5. The number of halogens is 2. The average molecular weight is 394 g/mol. The Kier molecular flexibility index (Phi) is 4.59. The quantitative estimate of drug-likeness (QED) is 0.520. The van der Waals surface area contributed by atoms with Crippen LogP contribution in [0.2, 0.25) is 5.02 Å². The first-order valence-electron chi connectivity index (χ1n) is 6.52. The molecule has 0 atom stereocenters. The van der Waals surface area contributed by atoms with Crippen LogP contribution in [0.25, 0.3) is 11.3 Å². The van der Waals surface area contributed by atoms with E-state index in [1.807, 2.05) is 30.3 Å². The second-order valence-electron chi connectivity index (χ2n) is 4.48. The Morgan fingerprint density at radius 2 is 2.13 bits per heavy atom. The fourth-order valence-corrected chi connectivity index (χ4v) is 2.47. The molecule has 2 heterocycles. The molecule has 0 saturated carbocycles. The standard InChI is InChI=1S/C15H10BrClN4O2/c16-11-4-2-1-3-10(11)13-6-5-9(23-13)7-18-20-12-8-19-21-15(22)14(12)17/h1-8H,(H2,20,21,22)/b18-7-. The zero-order chi connectivity index (χ0) is 16.2. The van der Waals surface area contributed by atoms with Gasteiger partial charge in [-0.25, -0.2) is 5.10 Å². The number of nitrogens with one attached hydrogen (secondary N) is 2. The highest BCUT2D eigenvalue weighted by Crippen LogP contribution is 2.29. The monoisotopic (exact) mass is 392 g/mol. The molecule has 2 N–H and O–H groups in total. The van der Waals surface area contributed by atoms with E-state index < -0.39 is 5.56 Å². The number of nitrogens with zero attached hydrogens (tertiary/aromatic N) is 2. The topological polar surface area (TPSA) is 83.3 Å². The van der Waals surface area contributed by atoms with Crippen molar-refractivity contribution in [2.24, 2.45) is 5.10 Å². The van der Waals surface area contributed by atoms with Crippen LogP contribution in [-0.4, -0.2) is 16.4 Å². The molecule has 23 heavy (non-hydrogen) atoms. The minimum Gasteiger partial charge on any atom is -0.455 e. The third-order valence-electron chi connectivity index (χ3n) is 2.94. The SMILES string of the molecule is O=c1[nH]ncc(N/N=C\c2ccc(-c3ccccc3Br)o2)c1Cl. The van der Waals surface area contributed by atoms with Gasteiger partial charge in [-0.05, 0) is 18.2 Å². The van der Waals surface area contributed by atoms with E-state index in [2.05, 4.69) is 36.7 Å². The van der Waals surface area contributed by atoms with E-state index in [9.17, 15) is 4.79 Å². The van der Waals surface area contributed by atoms with Crippen molar-refractivity contribution >= 4 is 39.4 Å². The van der Waals surface area contributed by atoms with Gasteiger partial charge in [0.25, 0.3) is 5.56 Å². The van der Waals surface area contributed by atoms with Gasteiger partial charge < -0.3 is 4.42 Å². The normalized spacial score (nSPS) is 11.0. The second-order valence-corrected chi connectivity index (χ2v) is 5.71. The number of aromatic amines is 1. The molecule has 0 spiro atoms. The number of anilines is 1. The van der Waals surface area contributed by atoms with E-state index in [0.717, 1.165) is 15.8 Å². The molecule has 2 aromatic heterocycles. The fourth-order valence-electron chi connectivity index (χ4n) is 1.85. The highest BCUT2D eigenvalue weighted by atomic mass is 79.9. The first-order chi connectivity index (χ1) is 11.1. The van der Waals surface area contributed by atoms with E-state index in [-0.39, 0.29) is 5.02 Å². The summed E-state index contributed by atoms with van der Waals surface area (Å²) in [6.07, 6.45) is 2.85. The summed E-state index contributed by atoms with van der Waals surface area (Å²) >= 11 is 9.31. The van der Waals surface area contributed by atoms with Crippen LogP contribution < -0.4 is 11.0 Å². The molecule has 0 aliphatic carbocycles. The molecule has 0 unspecified atom stereocenters. The third-order valence-corrected chi connectivity index (χ3v) is 4.01.